The van der Waals surface area contributed by atoms with Gasteiger partial charge in [-0.3, -0.25) is 4.79 Å². The van der Waals surface area contributed by atoms with E-state index < -0.39 is 0 Å². The topological polar surface area (TPSA) is 90.6 Å². The van der Waals surface area contributed by atoms with E-state index in [4.69, 9.17) is 0 Å². The van der Waals surface area contributed by atoms with Crippen molar-refractivity contribution in [2.45, 2.75) is 6.42 Å². The smallest absolute Gasteiger partial charge is 0.274 e. The molecule has 2 aromatic heterocycles. The molecule has 0 fully saturated rings. The van der Waals surface area contributed by atoms with Crippen LogP contribution in [-0.2, 0) is 6.42 Å². The molecular formula is C14H14N6O. The Morgan fingerprint density at radius 1 is 1.14 bits per heavy atom. The number of rotatable bonds is 5. The molecule has 0 aliphatic rings. The average Bonchev–Trinajstić information content (AvgIpc) is 3.22. The van der Waals surface area contributed by atoms with E-state index in [1.807, 2.05) is 30.3 Å². The number of hydrogen-bond donors (Lipinski definition) is 2. The van der Waals surface area contributed by atoms with Gasteiger partial charge in [0.05, 0.1) is 0 Å². The van der Waals surface area contributed by atoms with Gasteiger partial charge in [0, 0.05) is 24.8 Å². The number of tetrazole rings is 1. The first-order valence-corrected chi connectivity index (χ1v) is 6.57. The van der Waals surface area contributed by atoms with E-state index in [2.05, 4.69) is 25.6 Å². The minimum atomic E-state index is -0.0882. The number of H-pyrrole nitrogens is 2. The normalized spacial score (nSPS) is 10.5. The van der Waals surface area contributed by atoms with Gasteiger partial charge in [0.1, 0.15) is 5.69 Å². The van der Waals surface area contributed by atoms with E-state index in [9.17, 15) is 4.79 Å². The van der Waals surface area contributed by atoms with Gasteiger partial charge in [-0.15, -0.1) is 10.2 Å². The lowest BCUT2D eigenvalue weighted by Crippen LogP contribution is -2.33. The van der Waals surface area contributed by atoms with E-state index in [1.165, 1.54) is 0 Å². The van der Waals surface area contributed by atoms with Crippen molar-refractivity contribution in [2.24, 2.45) is 0 Å². The Morgan fingerprint density at radius 3 is 2.67 bits per heavy atom. The number of hydrogen-bond acceptors (Lipinski definition) is 4. The zero-order valence-corrected chi connectivity index (χ0v) is 11.2. The van der Waals surface area contributed by atoms with Crippen LogP contribution >= 0.6 is 0 Å². The molecule has 0 saturated heterocycles. The molecule has 0 bridgehead atoms. The zero-order valence-electron chi connectivity index (χ0n) is 11.2. The zero-order chi connectivity index (χ0) is 14.5. The second-order valence-corrected chi connectivity index (χ2v) is 4.45. The molecule has 1 amide bonds. The van der Waals surface area contributed by atoms with Crippen LogP contribution in [-0.4, -0.2) is 38.1 Å². The molecular weight excluding hydrogens is 268 g/mol. The molecule has 2 heterocycles. The molecule has 21 heavy (non-hydrogen) atoms. The Morgan fingerprint density at radius 2 is 2.00 bits per heavy atom. The number of para-hydroxylation sites is 1. The molecule has 0 atom stereocenters. The number of aromatic amines is 2. The molecule has 2 N–H and O–H groups in total. The predicted molar refractivity (Wildman–Crippen MR) is 76.8 cm³/mol. The van der Waals surface area contributed by atoms with Gasteiger partial charge < -0.3 is 9.88 Å². The van der Waals surface area contributed by atoms with Crippen molar-refractivity contribution >= 4 is 11.6 Å². The summed E-state index contributed by atoms with van der Waals surface area (Å²) in [5, 5.41) is 13.8. The van der Waals surface area contributed by atoms with Gasteiger partial charge in [-0.05, 0) is 24.3 Å². The van der Waals surface area contributed by atoms with Crippen LogP contribution in [0.4, 0.5) is 5.69 Å². The summed E-state index contributed by atoms with van der Waals surface area (Å²) in [5.41, 5.74) is 1.38. The third-order valence-corrected chi connectivity index (χ3v) is 3.09. The van der Waals surface area contributed by atoms with Gasteiger partial charge in [-0.2, -0.15) is 5.21 Å². The van der Waals surface area contributed by atoms with E-state index in [0.29, 0.717) is 24.5 Å². The number of nitrogens with zero attached hydrogens (tertiary/aromatic N) is 4. The van der Waals surface area contributed by atoms with Crippen LogP contribution in [0.3, 0.4) is 0 Å². The Kier molecular flexibility index (Phi) is 3.72. The largest absolute Gasteiger partial charge is 0.357 e. The number of amides is 1. The molecule has 3 rings (SSSR count). The molecule has 7 heteroatoms. The SMILES string of the molecule is O=C(c1ccc[nH]1)N(CCc1nn[nH]n1)c1ccccc1. The van der Waals surface area contributed by atoms with Gasteiger partial charge in [-0.1, -0.05) is 23.4 Å². The monoisotopic (exact) mass is 282 g/mol. The van der Waals surface area contributed by atoms with E-state index in [1.54, 1.807) is 23.2 Å². The van der Waals surface area contributed by atoms with Crippen LogP contribution in [0.25, 0.3) is 0 Å². The van der Waals surface area contributed by atoms with Gasteiger partial charge in [0.2, 0.25) is 0 Å². The number of carbonyl (C=O) groups excluding carboxylic acids is 1. The third-order valence-electron chi connectivity index (χ3n) is 3.09. The number of benzene rings is 1. The molecule has 7 nitrogen and oxygen atoms in total. The van der Waals surface area contributed by atoms with Crippen LogP contribution in [0.1, 0.15) is 16.3 Å². The maximum absolute atomic E-state index is 12.6. The quantitative estimate of drug-likeness (QED) is 0.740. The van der Waals surface area contributed by atoms with E-state index in [0.717, 1.165) is 5.69 Å². The van der Waals surface area contributed by atoms with E-state index in [-0.39, 0.29) is 5.91 Å². The van der Waals surface area contributed by atoms with Crippen LogP contribution in [0.15, 0.2) is 48.7 Å². The lowest BCUT2D eigenvalue weighted by atomic mass is 10.2. The summed E-state index contributed by atoms with van der Waals surface area (Å²) >= 11 is 0. The minimum absolute atomic E-state index is 0.0882. The Hall–Kier alpha value is -2.96. The third kappa shape index (κ3) is 2.97. The Labute approximate surface area is 121 Å². The molecule has 0 unspecified atom stereocenters. The summed E-state index contributed by atoms with van der Waals surface area (Å²) in [6, 6.07) is 13.1. The molecule has 1 aromatic carbocycles. The van der Waals surface area contributed by atoms with Crippen LogP contribution < -0.4 is 4.90 Å². The van der Waals surface area contributed by atoms with Gasteiger partial charge >= 0.3 is 0 Å². The van der Waals surface area contributed by atoms with Crippen molar-refractivity contribution in [1.82, 2.24) is 25.6 Å². The van der Waals surface area contributed by atoms with Gasteiger partial charge in [-0.25, -0.2) is 0 Å². The molecule has 0 aliphatic heterocycles. The van der Waals surface area contributed by atoms with Crippen molar-refractivity contribution < 1.29 is 4.79 Å². The summed E-state index contributed by atoms with van der Waals surface area (Å²) < 4.78 is 0. The molecule has 0 saturated carbocycles. The summed E-state index contributed by atoms with van der Waals surface area (Å²) in [6.07, 6.45) is 2.26. The van der Waals surface area contributed by atoms with Crippen molar-refractivity contribution in [2.75, 3.05) is 11.4 Å². The highest BCUT2D eigenvalue weighted by atomic mass is 16.2. The molecule has 3 aromatic rings. The van der Waals surface area contributed by atoms with Crippen molar-refractivity contribution in [3.63, 3.8) is 0 Å². The lowest BCUT2D eigenvalue weighted by Gasteiger charge is -2.21. The van der Waals surface area contributed by atoms with Crippen LogP contribution in [0.5, 0.6) is 0 Å². The second-order valence-electron chi connectivity index (χ2n) is 4.45. The first kappa shape index (κ1) is 13.0. The fourth-order valence-electron chi connectivity index (χ4n) is 2.06. The fraction of sp³-hybridized carbons (Fsp3) is 0.143. The molecule has 106 valence electrons. The Bertz CT molecular complexity index is 678. The van der Waals surface area contributed by atoms with Crippen molar-refractivity contribution in [3.05, 3.63) is 60.2 Å². The van der Waals surface area contributed by atoms with E-state index >= 15 is 0 Å². The minimum Gasteiger partial charge on any atom is -0.357 e. The highest BCUT2D eigenvalue weighted by molar-refractivity contribution is 6.04. The summed E-state index contributed by atoms with van der Waals surface area (Å²) in [5.74, 6) is 0.491. The van der Waals surface area contributed by atoms with Crippen molar-refractivity contribution in [1.29, 1.82) is 0 Å². The predicted octanol–water partition coefficient (Wildman–Crippen LogP) is 1.42. The number of anilines is 1. The maximum atomic E-state index is 12.6. The highest BCUT2D eigenvalue weighted by Gasteiger charge is 2.18. The summed E-state index contributed by atoms with van der Waals surface area (Å²) in [7, 11) is 0. The average molecular weight is 282 g/mol. The van der Waals surface area contributed by atoms with Crippen molar-refractivity contribution in [3.8, 4) is 0 Å². The second kappa shape index (κ2) is 6.00. The van der Waals surface area contributed by atoms with Gasteiger partial charge in [0.25, 0.3) is 5.91 Å². The number of aromatic nitrogens is 5. The Balaban J connectivity index is 1.82. The standard InChI is InChI=1S/C14H14N6O/c21-14(12-7-4-9-15-12)20(11-5-2-1-3-6-11)10-8-13-16-18-19-17-13/h1-7,9,15H,8,10H2,(H,16,17,18,19). The molecule has 0 spiro atoms. The maximum Gasteiger partial charge on any atom is 0.274 e. The fourth-order valence-corrected chi connectivity index (χ4v) is 2.06. The number of nitrogens with one attached hydrogen (secondary N) is 2. The first-order chi connectivity index (χ1) is 10.3. The number of carbonyl (C=O) groups is 1. The summed E-state index contributed by atoms with van der Waals surface area (Å²) in [4.78, 5) is 17.2. The molecule has 0 aliphatic carbocycles. The van der Waals surface area contributed by atoms with Crippen LogP contribution in [0, 0.1) is 0 Å². The summed E-state index contributed by atoms with van der Waals surface area (Å²) in [6.45, 7) is 0.474. The van der Waals surface area contributed by atoms with Gasteiger partial charge in [0.15, 0.2) is 5.82 Å². The lowest BCUT2D eigenvalue weighted by molar-refractivity contribution is 0.0983. The molecule has 0 radical (unpaired) electrons. The highest BCUT2D eigenvalue weighted by Crippen LogP contribution is 2.16. The first-order valence-electron chi connectivity index (χ1n) is 6.57. The van der Waals surface area contributed by atoms with Crippen LogP contribution in [0.2, 0.25) is 0 Å².